The lowest BCUT2D eigenvalue weighted by atomic mass is 9.68. The molecule has 25 heavy (non-hydrogen) atoms. The zero-order valence-corrected chi connectivity index (χ0v) is 15.0. The molecule has 1 saturated carbocycles. The van der Waals surface area contributed by atoms with Gasteiger partial charge in [0.2, 0.25) is 5.91 Å². The maximum absolute atomic E-state index is 13.0. The minimum atomic E-state index is -3.25. The molecule has 0 atom stereocenters. The third kappa shape index (κ3) is 3.76. The van der Waals surface area contributed by atoms with E-state index in [0.717, 1.165) is 37.7 Å². The predicted molar refractivity (Wildman–Crippen MR) is 92.7 cm³/mol. The molecule has 134 valence electrons. The number of sulfone groups is 1. The van der Waals surface area contributed by atoms with Crippen LogP contribution >= 0.6 is 0 Å². The Bertz CT molecular complexity index is 820. The fourth-order valence-electron chi connectivity index (χ4n) is 3.49. The van der Waals surface area contributed by atoms with Crippen molar-refractivity contribution in [3.8, 4) is 0 Å². The average molecular weight is 362 g/mol. The molecular formula is C18H22N2O4S. The molecule has 1 heterocycles. The summed E-state index contributed by atoms with van der Waals surface area (Å²) in [5, 5.41) is 6.59. The van der Waals surface area contributed by atoms with Crippen LogP contribution in [0.1, 0.15) is 43.4 Å². The van der Waals surface area contributed by atoms with Crippen LogP contribution in [0.3, 0.4) is 0 Å². The maximum atomic E-state index is 13.0. The average Bonchev–Trinajstić information content (AvgIpc) is 3.13. The molecule has 3 rings (SSSR count). The quantitative estimate of drug-likeness (QED) is 0.883. The highest BCUT2D eigenvalue weighted by molar-refractivity contribution is 7.90. The summed E-state index contributed by atoms with van der Waals surface area (Å²) in [6.45, 7) is 0.294. The zero-order chi connectivity index (χ0) is 17.9. The number of carbonyl (C=O) groups is 1. The number of amides is 1. The number of aromatic nitrogens is 1. The number of benzene rings is 1. The standard InChI is InChI=1S/C18H22N2O4S/c1-25(22,23)16-7-5-14(6-8-16)18(10-3-2-4-11-18)17(21)19-13-15-9-12-20-24-15/h5-9,12H,2-4,10-11,13H2,1H3,(H,19,21). The Labute approximate surface area is 147 Å². The lowest BCUT2D eigenvalue weighted by Crippen LogP contribution is -2.45. The van der Waals surface area contributed by atoms with Gasteiger partial charge in [-0.1, -0.05) is 36.6 Å². The molecule has 0 radical (unpaired) electrons. The summed E-state index contributed by atoms with van der Waals surface area (Å²) in [4.78, 5) is 13.3. The van der Waals surface area contributed by atoms with E-state index in [1.54, 1.807) is 36.5 Å². The summed E-state index contributed by atoms with van der Waals surface area (Å²) in [7, 11) is -3.25. The van der Waals surface area contributed by atoms with Crippen LogP contribution in [-0.4, -0.2) is 25.7 Å². The Kier molecular flexibility index (Phi) is 4.94. The Morgan fingerprint density at radius 1 is 1.16 bits per heavy atom. The largest absolute Gasteiger partial charge is 0.360 e. The molecule has 7 heteroatoms. The summed E-state index contributed by atoms with van der Waals surface area (Å²) < 4.78 is 28.4. The van der Waals surface area contributed by atoms with Crippen LogP contribution in [-0.2, 0) is 26.6 Å². The van der Waals surface area contributed by atoms with Crippen molar-refractivity contribution in [2.45, 2.75) is 49.0 Å². The fraction of sp³-hybridized carbons (Fsp3) is 0.444. The van der Waals surface area contributed by atoms with Gasteiger partial charge in [-0.05, 0) is 30.5 Å². The van der Waals surface area contributed by atoms with E-state index < -0.39 is 15.3 Å². The molecule has 0 bridgehead atoms. The van der Waals surface area contributed by atoms with Crippen LogP contribution in [0.15, 0.2) is 45.9 Å². The number of nitrogens with one attached hydrogen (secondary N) is 1. The minimum Gasteiger partial charge on any atom is -0.360 e. The molecule has 1 aromatic heterocycles. The van der Waals surface area contributed by atoms with E-state index in [1.807, 2.05) is 0 Å². The Hall–Kier alpha value is -2.15. The third-order valence-corrected chi connectivity index (χ3v) is 6.02. The monoisotopic (exact) mass is 362 g/mol. The van der Waals surface area contributed by atoms with Gasteiger partial charge < -0.3 is 9.84 Å². The highest BCUT2D eigenvalue weighted by Gasteiger charge is 2.41. The van der Waals surface area contributed by atoms with Gasteiger partial charge in [0.05, 0.1) is 23.1 Å². The molecule has 0 unspecified atom stereocenters. The zero-order valence-electron chi connectivity index (χ0n) is 14.2. The normalized spacial score (nSPS) is 17.2. The molecular weight excluding hydrogens is 340 g/mol. The number of hydrogen-bond donors (Lipinski definition) is 1. The summed E-state index contributed by atoms with van der Waals surface area (Å²) in [5.74, 6) is 0.558. The molecule has 0 spiro atoms. The second-order valence-corrected chi connectivity index (χ2v) is 8.62. The minimum absolute atomic E-state index is 0.0456. The van der Waals surface area contributed by atoms with Crippen LogP contribution < -0.4 is 5.32 Å². The smallest absolute Gasteiger partial charge is 0.231 e. The summed E-state index contributed by atoms with van der Waals surface area (Å²) in [6, 6.07) is 8.44. The van der Waals surface area contributed by atoms with Gasteiger partial charge >= 0.3 is 0 Å². The second kappa shape index (κ2) is 7.00. The van der Waals surface area contributed by atoms with E-state index in [1.165, 1.54) is 6.26 Å². The van der Waals surface area contributed by atoms with Crippen LogP contribution in [0, 0.1) is 0 Å². The van der Waals surface area contributed by atoms with E-state index in [4.69, 9.17) is 4.52 Å². The first-order valence-corrected chi connectivity index (χ1v) is 10.3. The number of rotatable bonds is 5. The predicted octanol–water partition coefficient (Wildman–Crippen LogP) is 2.60. The molecule has 1 aliphatic rings. The van der Waals surface area contributed by atoms with Crippen molar-refractivity contribution in [2.24, 2.45) is 0 Å². The third-order valence-electron chi connectivity index (χ3n) is 4.89. The number of nitrogens with zero attached hydrogens (tertiary/aromatic N) is 1. The molecule has 1 aromatic carbocycles. The number of hydrogen-bond acceptors (Lipinski definition) is 5. The van der Waals surface area contributed by atoms with Gasteiger partial charge in [0.15, 0.2) is 15.6 Å². The molecule has 0 saturated heterocycles. The van der Waals surface area contributed by atoms with Gasteiger partial charge in [0, 0.05) is 12.3 Å². The highest BCUT2D eigenvalue weighted by atomic mass is 32.2. The SMILES string of the molecule is CS(=O)(=O)c1ccc(C2(C(=O)NCc3ccno3)CCCCC2)cc1. The van der Waals surface area contributed by atoms with E-state index >= 15 is 0 Å². The first kappa shape index (κ1) is 17.7. The first-order valence-electron chi connectivity index (χ1n) is 8.40. The second-order valence-electron chi connectivity index (χ2n) is 6.60. The summed E-state index contributed by atoms with van der Waals surface area (Å²) in [5.41, 5.74) is 0.253. The Morgan fingerprint density at radius 3 is 2.40 bits per heavy atom. The van der Waals surface area contributed by atoms with Gasteiger partial charge in [-0.25, -0.2) is 8.42 Å². The Morgan fingerprint density at radius 2 is 1.84 bits per heavy atom. The first-order chi connectivity index (χ1) is 11.9. The van der Waals surface area contributed by atoms with Crippen LogP contribution in [0.2, 0.25) is 0 Å². The van der Waals surface area contributed by atoms with E-state index in [0.29, 0.717) is 12.3 Å². The van der Waals surface area contributed by atoms with Crippen molar-refractivity contribution < 1.29 is 17.7 Å². The van der Waals surface area contributed by atoms with Crippen molar-refractivity contribution in [3.05, 3.63) is 47.9 Å². The van der Waals surface area contributed by atoms with Crippen molar-refractivity contribution in [1.82, 2.24) is 10.5 Å². The van der Waals surface area contributed by atoms with Gasteiger partial charge in [-0.15, -0.1) is 0 Å². The molecule has 1 fully saturated rings. The molecule has 6 nitrogen and oxygen atoms in total. The van der Waals surface area contributed by atoms with Crippen molar-refractivity contribution in [3.63, 3.8) is 0 Å². The number of carbonyl (C=O) groups excluding carboxylic acids is 1. The molecule has 0 aliphatic heterocycles. The van der Waals surface area contributed by atoms with Crippen LogP contribution in [0.4, 0.5) is 0 Å². The van der Waals surface area contributed by atoms with Crippen LogP contribution in [0.25, 0.3) is 0 Å². The highest BCUT2D eigenvalue weighted by Crippen LogP contribution is 2.40. The van der Waals surface area contributed by atoms with Gasteiger partial charge in [0.1, 0.15) is 0 Å². The molecule has 1 amide bonds. The topological polar surface area (TPSA) is 89.3 Å². The van der Waals surface area contributed by atoms with Gasteiger partial charge in [0.25, 0.3) is 0 Å². The van der Waals surface area contributed by atoms with Crippen molar-refractivity contribution in [2.75, 3.05) is 6.26 Å². The van der Waals surface area contributed by atoms with E-state index in [-0.39, 0.29) is 10.8 Å². The van der Waals surface area contributed by atoms with Crippen molar-refractivity contribution in [1.29, 1.82) is 0 Å². The van der Waals surface area contributed by atoms with Crippen LogP contribution in [0.5, 0.6) is 0 Å². The van der Waals surface area contributed by atoms with E-state index in [2.05, 4.69) is 10.5 Å². The Balaban J connectivity index is 1.86. The summed E-state index contributed by atoms with van der Waals surface area (Å²) >= 11 is 0. The van der Waals surface area contributed by atoms with Gasteiger partial charge in [-0.3, -0.25) is 4.79 Å². The lowest BCUT2D eigenvalue weighted by molar-refractivity contribution is -0.128. The molecule has 1 aliphatic carbocycles. The molecule has 2 aromatic rings. The lowest BCUT2D eigenvalue weighted by Gasteiger charge is -2.36. The molecule has 1 N–H and O–H groups in total. The van der Waals surface area contributed by atoms with E-state index in [9.17, 15) is 13.2 Å². The maximum Gasteiger partial charge on any atom is 0.231 e. The summed E-state index contributed by atoms with van der Waals surface area (Å²) in [6.07, 6.45) is 7.30. The fourth-order valence-corrected chi connectivity index (χ4v) is 4.12. The van der Waals surface area contributed by atoms with Crippen molar-refractivity contribution >= 4 is 15.7 Å². The van der Waals surface area contributed by atoms with Gasteiger partial charge in [-0.2, -0.15) is 0 Å².